The zero-order valence-corrected chi connectivity index (χ0v) is 12.2. The van der Waals surface area contributed by atoms with E-state index in [0.717, 1.165) is 5.01 Å². The summed E-state index contributed by atoms with van der Waals surface area (Å²) in [5, 5.41) is 7.09. The van der Waals surface area contributed by atoms with E-state index in [0.29, 0.717) is 17.5 Å². The summed E-state index contributed by atoms with van der Waals surface area (Å²) in [5.74, 6) is 0. The van der Waals surface area contributed by atoms with Crippen molar-refractivity contribution in [1.29, 1.82) is 0 Å². The number of thiazole rings is 1. The van der Waals surface area contributed by atoms with Crippen molar-refractivity contribution >= 4 is 11.3 Å². The third kappa shape index (κ3) is 3.52. The van der Waals surface area contributed by atoms with Crippen LogP contribution in [-0.4, -0.2) is 11.0 Å². The maximum absolute atomic E-state index is 4.57. The van der Waals surface area contributed by atoms with E-state index < -0.39 is 0 Å². The Labute approximate surface area is 109 Å². The Morgan fingerprint density at radius 2 is 2.29 bits per heavy atom. The first-order valence-electron chi connectivity index (χ1n) is 6.64. The highest BCUT2D eigenvalue weighted by Crippen LogP contribution is 2.35. The lowest BCUT2D eigenvalue weighted by molar-refractivity contribution is 0.190. The van der Waals surface area contributed by atoms with Crippen molar-refractivity contribution in [2.24, 2.45) is 5.41 Å². The average molecular weight is 252 g/mol. The van der Waals surface area contributed by atoms with Gasteiger partial charge in [-0.05, 0) is 38.5 Å². The van der Waals surface area contributed by atoms with Gasteiger partial charge in [0.25, 0.3) is 0 Å². The van der Waals surface area contributed by atoms with Crippen LogP contribution in [-0.2, 0) is 0 Å². The number of rotatable bonds is 3. The van der Waals surface area contributed by atoms with Gasteiger partial charge in [-0.2, -0.15) is 0 Å². The fourth-order valence-electron chi connectivity index (χ4n) is 2.86. The van der Waals surface area contributed by atoms with Crippen molar-refractivity contribution < 1.29 is 0 Å². The number of nitrogens with zero attached hydrogens (tertiary/aromatic N) is 1. The van der Waals surface area contributed by atoms with Crippen LogP contribution in [0.15, 0.2) is 5.38 Å². The lowest BCUT2D eigenvalue weighted by Crippen LogP contribution is -2.38. The molecule has 1 fully saturated rings. The van der Waals surface area contributed by atoms with Gasteiger partial charge in [0, 0.05) is 17.5 Å². The molecule has 1 aromatic rings. The van der Waals surface area contributed by atoms with Crippen molar-refractivity contribution in [3.63, 3.8) is 0 Å². The van der Waals surface area contributed by atoms with E-state index in [1.807, 2.05) is 0 Å². The molecule has 2 nitrogen and oxygen atoms in total. The van der Waals surface area contributed by atoms with Crippen LogP contribution in [0.2, 0.25) is 0 Å². The zero-order chi connectivity index (χ0) is 12.5. The summed E-state index contributed by atoms with van der Waals surface area (Å²) < 4.78 is 0. The molecule has 2 rings (SSSR count). The Balaban J connectivity index is 1.92. The third-order valence-corrected chi connectivity index (χ3v) is 4.56. The van der Waals surface area contributed by atoms with Gasteiger partial charge in [-0.1, -0.05) is 20.3 Å². The van der Waals surface area contributed by atoms with E-state index in [2.05, 4.69) is 43.4 Å². The highest BCUT2D eigenvalue weighted by atomic mass is 32.1. The number of hydrogen-bond acceptors (Lipinski definition) is 3. The SMILES string of the molecule is Cc1nc(C(C)NC2CCCC(C)(C)C2)cs1. The van der Waals surface area contributed by atoms with Gasteiger partial charge in [0.2, 0.25) is 0 Å². The molecule has 1 aliphatic carbocycles. The van der Waals surface area contributed by atoms with E-state index in [1.54, 1.807) is 11.3 Å². The summed E-state index contributed by atoms with van der Waals surface area (Å²) in [6.07, 6.45) is 5.33. The second kappa shape index (κ2) is 5.07. The summed E-state index contributed by atoms with van der Waals surface area (Å²) in [7, 11) is 0. The fraction of sp³-hybridized carbons (Fsp3) is 0.786. The van der Waals surface area contributed by atoms with Crippen LogP contribution in [0.3, 0.4) is 0 Å². The Bertz CT molecular complexity index is 370. The quantitative estimate of drug-likeness (QED) is 0.877. The molecule has 17 heavy (non-hydrogen) atoms. The Morgan fingerprint density at radius 1 is 1.53 bits per heavy atom. The van der Waals surface area contributed by atoms with Crippen LogP contribution in [0, 0.1) is 12.3 Å². The highest BCUT2D eigenvalue weighted by molar-refractivity contribution is 7.09. The molecule has 0 saturated heterocycles. The topological polar surface area (TPSA) is 24.9 Å². The first kappa shape index (κ1) is 13.0. The molecule has 0 amide bonds. The van der Waals surface area contributed by atoms with E-state index in [4.69, 9.17) is 0 Å². The molecule has 0 bridgehead atoms. The van der Waals surface area contributed by atoms with Gasteiger partial charge in [0.15, 0.2) is 0 Å². The maximum Gasteiger partial charge on any atom is 0.0898 e. The monoisotopic (exact) mass is 252 g/mol. The molecule has 1 heterocycles. The number of aromatic nitrogens is 1. The van der Waals surface area contributed by atoms with Gasteiger partial charge in [-0.3, -0.25) is 0 Å². The van der Waals surface area contributed by atoms with Crippen molar-refractivity contribution in [1.82, 2.24) is 10.3 Å². The molecule has 1 N–H and O–H groups in total. The summed E-state index contributed by atoms with van der Waals surface area (Å²) in [5.41, 5.74) is 1.71. The number of aryl methyl sites for hydroxylation is 1. The molecule has 3 heteroatoms. The largest absolute Gasteiger partial charge is 0.306 e. The van der Waals surface area contributed by atoms with Gasteiger partial charge in [0.1, 0.15) is 0 Å². The van der Waals surface area contributed by atoms with Gasteiger partial charge >= 0.3 is 0 Å². The number of nitrogens with one attached hydrogen (secondary N) is 1. The lowest BCUT2D eigenvalue weighted by atomic mass is 9.75. The van der Waals surface area contributed by atoms with E-state index in [9.17, 15) is 0 Å². The second-order valence-electron chi connectivity index (χ2n) is 6.14. The molecule has 1 aromatic heterocycles. The Hall–Kier alpha value is -0.410. The predicted octanol–water partition coefficient (Wildman–Crippen LogP) is 4.07. The molecule has 0 aromatic carbocycles. The molecule has 0 spiro atoms. The molecule has 96 valence electrons. The predicted molar refractivity (Wildman–Crippen MR) is 74.4 cm³/mol. The molecule has 1 aliphatic rings. The average Bonchev–Trinajstić information content (AvgIpc) is 2.63. The summed E-state index contributed by atoms with van der Waals surface area (Å²) >= 11 is 1.74. The normalized spacial score (nSPS) is 25.8. The lowest BCUT2D eigenvalue weighted by Gasteiger charge is -2.36. The molecular formula is C14H24N2S. The first-order valence-corrected chi connectivity index (χ1v) is 7.52. The standard InChI is InChI=1S/C14H24N2S/c1-10(13-9-17-11(2)16-13)15-12-6-5-7-14(3,4)8-12/h9-10,12,15H,5-8H2,1-4H3. The highest BCUT2D eigenvalue weighted by Gasteiger charge is 2.28. The van der Waals surface area contributed by atoms with Crippen LogP contribution < -0.4 is 5.32 Å². The van der Waals surface area contributed by atoms with Crippen LogP contribution in [0.25, 0.3) is 0 Å². The number of hydrogen-bond donors (Lipinski definition) is 1. The zero-order valence-electron chi connectivity index (χ0n) is 11.4. The molecule has 0 radical (unpaired) electrons. The van der Waals surface area contributed by atoms with Crippen molar-refractivity contribution in [3.05, 3.63) is 16.1 Å². The minimum Gasteiger partial charge on any atom is -0.306 e. The Kier molecular flexibility index (Phi) is 3.88. The second-order valence-corrected chi connectivity index (χ2v) is 7.20. The van der Waals surface area contributed by atoms with Crippen molar-refractivity contribution in [2.75, 3.05) is 0 Å². The van der Waals surface area contributed by atoms with Gasteiger partial charge < -0.3 is 5.32 Å². The van der Waals surface area contributed by atoms with Gasteiger partial charge in [-0.25, -0.2) is 4.98 Å². The van der Waals surface area contributed by atoms with Crippen LogP contribution in [0.4, 0.5) is 0 Å². The van der Waals surface area contributed by atoms with Crippen LogP contribution in [0.1, 0.15) is 63.2 Å². The third-order valence-electron chi connectivity index (χ3n) is 3.77. The summed E-state index contributed by atoms with van der Waals surface area (Å²) in [6.45, 7) is 9.08. The minimum atomic E-state index is 0.388. The molecule has 1 saturated carbocycles. The van der Waals surface area contributed by atoms with Crippen LogP contribution in [0.5, 0.6) is 0 Å². The van der Waals surface area contributed by atoms with Crippen molar-refractivity contribution in [3.8, 4) is 0 Å². The Morgan fingerprint density at radius 3 is 2.88 bits per heavy atom. The molecule has 2 atom stereocenters. The van der Waals surface area contributed by atoms with Crippen molar-refractivity contribution in [2.45, 2.75) is 65.5 Å². The van der Waals surface area contributed by atoms with E-state index >= 15 is 0 Å². The summed E-state index contributed by atoms with van der Waals surface area (Å²) in [4.78, 5) is 4.57. The molecule has 2 unspecified atom stereocenters. The summed E-state index contributed by atoms with van der Waals surface area (Å²) in [6, 6.07) is 1.05. The van der Waals surface area contributed by atoms with Gasteiger partial charge in [-0.15, -0.1) is 11.3 Å². The molecule has 0 aliphatic heterocycles. The maximum atomic E-state index is 4.57. The van der Waals surface area contributed by atoms with E-state index in [1.165, 1.54) is 31.4 Å². The molecular weight excluding hydrogens is 228 g/mol. The first-order chi connectivity index (χ1) is 7.96. The van der Waals surface area contributed by atoms with E-state index in [-0.39, 0.29) is 0 Å². The van der Waals surface area contributed by atoms with Gasteiger partial charge in [0.05, 0.1) is 10.7 Å². The minimum absolute atomic E-state index is 0.388. The smallest absolute Gasteiger partial charge is 0.0898 e. The van der Waals surface area contributed by atoms with Crippen LogP contribution >= 0.6 is 11.3 Å². The fourth-order valence-corrected chi connectivity index (χ4v) is 3.56.